The van der Waals surface area contributed by atoms with E-state index in [9.17, 15) is 10.1 Å². The van der Waals surface area contributed by atoms with Crippen LogP contribution in [0.3, 0.4) is 0 Å². The molecule has 3 heteroatoms. The summed E-state index contributed by atoms with van der Waals surface area (Å²) in [5.41, 5.74) is 0.811. The smallest absolute Gasteiger partial charge is 0.258 e. The lowest BCUT2D eigenvalue weighted by molar-refractivity contribution is -0.384. The van der Waals surface area contributed by atoms with Crippen LogP contribution >= 0.6 is 0 Å². The van der Waals surface area contributed by atoms with Crippen LogP contribution < -0.4 is 0 Å². The Bertz CT molecular complexity index is 415. The van der Waals surface area contributed by atoms with Crippen molar-refractivity contribution in [2.75, 3.05) is 0 Å². The minimum atomic E-state index is -0.401. The Kier molecular flexibility index (Phi) is 5.07. The first-order chi connectivity index (χ1) is 7.74. The van der Waals surface area contributed by atoms with Gasteiger partial charge in [-0.1, -0.05) is 37.7 Å². The second-order valence-corrected chi connectivity index (χ2v) is 3.57. The van der Waals surface area contributed by atoms with Crippen LogP contribution in [-0.4, -0.2) is 4.92 Å². The van der Waals surface area contributed by atoms with Gasteiger partial charge in [0.1, 0.15) is 0 Å². The molecule has 0 aliphatic carbocycles. The van der Waals surface area contributed by atoms with E-state index in [0.717, 1.165) is 12.8 Å². The van der Waals surface area contributed by atoms with Gasteiger partial charge in [0, 0.05) is 24.1 Å². The summed E-state index contributed by atoms with van der Waals surface area (Å²) in [6.07, 6.45) is 4.32. The zero-order valence-corrected chi connectivity index (χ0v) is 9.40. The number of nitro benzene ring substituents is 1. The largest absolute Gasteiger partial charge is 0.270 e. The predicted octanol–water partition coefficient (Wildman–Crippen LogP) is 3.53. The Morgan fingerprint density at radius 2 is 2.19 bits per heavy atom. The number of benzene rings is 1. The molecule has 16 heavy (non-hydrogen) atoms. The Morgan fingerprint density at radius 3 is 2.88 bits per heavy atom. The molecular formula is C13H15NO2. The van der Waals surface area contributed by atoms with Crippen molar-refractivity contribution in [3.05, 3.63) is 39.9 Å². The number of hydrogen-bond acceptors (Lipinski definition) is 2. The molecule has 0 radical (unpaired) electrons. The van der Waals surface area contributed by atoms with Crippen LogP contribution in [0.15, 0.2) is 24.3 Å². The molecule has 0 aromatic heterocycles. The first-order valence-electron chi connectivity index (χ1n) is 5.47. The molecule has 0 fully saturated rings. The van der Waals surface area contributed by atoms with Gasteiger partial charge in [0.15, 0.2) is 0 Å². The summed E-state index contributed by atoms with van der Waals surface area (Å²) >= 11 is 0. The van der Waals surface area contributed by atoms with E-state index in [-0.39, 0.29) is 5.69 Å². The van der Waals surface area contributed by atoms with E-state index < -0.39 is 4.92 Å². The maximum absolute atomic E-state index is 10.5. The molecule has 0 aliphatic heterocycles. The summed E-state index contributed by atoms with van der Waals surface area (Å²) in [5, 5.41) is 10.5. The topological polar surface area (TPSA) is 43.1 Å². The van der Waals surface area contributed by atoms with E-state index in [1.807, 2.05) is 0 Å². The average Bonchev–Trinajstić information content (AvgIpc) is 2.29. The molecule has 1 aromatic carbocycles. The van der Waals surface area contributed by atoms with Crippen molar-refractivity contribution >= 4 is 5.69 Å². The van der Waals surface area contributed by atoms with Gasteiger partial charge in [0.25, 0.3) is 5.69 Å². The Morgan fingerprint density at radius 1 is 1.38 bits per heavy atom. The number of non-ortho nitro benzene ring substituents is 1. The van der Waals surface area contributed by atoms with Gasteiger partial charge >= 0.3 is 0 Å². The number of nitro groups is 1. The average molecular weight is 217 g/mol. The fraction of sp³-hybridized carbons (Fsp3) is 0.385. The third kappa shape index (κ3) is 4.14. The second kappa shape index (κ2) is 6.62. The van der Waals surface area contributed by atoms with Gasteiger partial charge in [0.05, 0.1) is 4.92 Å². The van der Waals surface area contributed by atoms with Gasteiger partial charge in [0.2, 0.25) is 0 Å². The fourth-order valence-electron chi connectivity index (χ4n) is 1.33. The summed E-state index contributed by atoms with van der Waals surface area (Å²) in [5.74, 6) is 5.97. The van der Waals surface area contributed by atoms with E-state index in [1.54, 1.807) is 12.1 Å². The molecule has 0 spiro atoms. The van der Waals surface area contributed by atoms with Crippen molar-refractivity contribution in [1.82, 2.24) is 0 Å². The Labute approximate surface area is 95.6 Å². The molecule has 0 N–H and O–H groups in total. The molecular weight excluding hydrogens is 202 g/mol. The van der Waals surface area contributed by atoms with Gasteiger partial charge in [-0.25, -0.2) is 0 Å². The lowest BCUT2D eigenvalue weighted by atomic mass is 10.1. The molecule has 84 valence electrons. The fourth-order valence-corrected chi connectivity index (χ4v) is 1.33. The van der Waals surface area contributed by atoms with Crippen LogP contribution in [0.1, 0.15) is 38.2 Å². The van der Waals surface area contributed by atoms with Gasteiger partial charge in [-0.05, 0) is 12.5 Å². The van der Waals surface area contributed by atoms with E-state index in [1.165, 1.54) is 25.0 Å². The summed E-state index contributed by atoms with van der Waals surface area (Å²) in [4.78, 5) is 10.1. The van der Waals surface area contributed by atoms with Crippen molar-refractivity contribution in [2.24, 2.45) is 0 Å². The monoisotopic (exact) mass is 217 g/mol. The van der Waals surface area contributed by atoms with Crippen LogP contribution in [0.2, 0.25) is 0 Å². The van der Waals surface area contributed by atoms with Crippen molar-refractivity contribution in [3.8, 4) is 11.8 Å². The normalized spacial score (nSPS) is 9.31. The SMILES string of the molecule is CCCCCC#Cc1cccc([N+](=O)[O-])c1. The molecule has 0 bridgehead atoms. The maximum atomic E-state index is 10.5. The highest BCUT2D eigenvalue weighted by molar-refractivity contribution is 5.42. The lowest BCUT2D eigenvalue weighted by Crippen LogP contribution is -1.87. The first-order valence-corrected chi connectivity index (χ1v) is 5.47. The molecule has 0 unspecified atom stereocenters. The van der Waals surface area contributed by atoms with Crippen molar-refractivity contribution in [3.63, 3.8) is 0 Å². The minimum Gasteiger partial charge on any atom is -0.258 e. The van der Waals surface area contributed by atoms with Crippen molar-refractivity contribution in [1.29, 1.82) is 0 Å². The second-order valence-electron chi connectivity index (χ2n) is 3.57. The van der Waals surface area contributed by atoms with E-state index >= 15 is 0 Å². The summed E-state index contributed by atoms with van der Waals surface area (Å²) < 4.78 is 0. The third-order valence-corrected chi connectivity index (χ3v) is 2.20. The third-order valence-electron chi connectivity index (χ3n) is 2.20. The van der Waals surface area contributed by atoms with Gasteiger partial charge in [-0.2, -0.15) is 0 Å². The van der Waals surface area contributed by atoms with Gasteiger partial charge < -0.3 is 0 Å². The molecule has 0 amide bonds. The zero-order valence-electron chi connectivity index (χ0n) is 9.40. The number of hydrogen-bond donors (Lipinski definition) is 0. The zero-order chi connectivity index (χ0) is 11.8. The summed E-state index contributed by atoms with van der Waals surface area (Å²) in [6.45, 7) is 2.15. The number of unbranched alkanes of at least 4 members (excludes halogenated alkanes) is 3. The molecule has 1 aromatic rings. The predicted molar refractivity (Wildman–Crippen MR) is 64.1 cm³/mol. The number of nitrogens with zero attached hydrogens (tertiary/aromatic N) is 1. The van der Waals surface area contributed by atoms with Crippen LogP contribution in [0.25, 0.3) is 0 Å². The van der Waals surface area contributed by atoms with Crippen LogP contribution in [0.5, 0.6) is 0 Å². The highest BCUT2D eigenvalue weighted by Crippen LogP contribution is 2.12. The molecule has 3 nitrogen and oxygen atoms in total. The van der Waals surface area contributed by atoms with Gasteiger partial charge in [-0.15, -0.1) is 0 Å². The molecule has 0 saturated heterocycles. The molecule has 0 atom stereocenters. The van der Waals surface area contributed by atoms with Gasteiger partial charge in [-0.3, -0.25) is 10.1 Å². The maximum Gasteiger partial charge on any atom is 0.270 e. The van der Waals surface area contributed by atoms with Crippen LogP contribution in [0.4, 0.5) is 5.69 Å². The Hall–Kier alpha value is -1.82. The molecule has 1 rings (SSSR count). The van der Waals surface area contributed by atoms with E-state index in [2.05, 4.69) is 18.8 Å². The minimum absolute atomic E-state index is 0.0976. The summed E-state index contributed by atoms with van der Waals surface area (Å²) in [7, 11) is 0. The highest BCUT2D eigenvalue weighted by atomic mass is 16.6. The van der Waals surface area contributed by atoms with Crippen LogP contribution in [-0.2, 0) is 0 Å². The molecule has 0 aliphatic rings. The van der Waals surface area contributed by atoms with Crippen molar-refractivity contribution < 1.29 is 4.92 Å². The highest BCUT2D eigenvalue weighted by Gasteiger charge is 2.03. The summed E-state index contributed by atoms with van der Waals surface area (Å²) in [6, 6.07) is 6.43. The first kappa shape index (κ1) is 12.3. The van der Waals surface area contributed by atoms with Crippen LogP contribution in [0, 0.1) is 22.0 Å². The van der Waals surface area contributed by atoms with Crippen molar-refractivity contribution in [2.45, 2.75) is 32.6 Å². The Balaban J connectivity index is 2.59. The van der Waals surface area contributed by atoms with E-state index in [4.69, 9.17) is 0 Å². The molecule has 0 heterocycles. The standard InChI is InChI=1S/C13H15NO2/c1-2-3-4-5-6-8-12-9-7-10-13(11-12)14(15)16/h7,9-11H,2-5H2,1H3. The number of rotatable bonds is 4. The van der Waals surface area contributed by atoms with E-state index in [0.29, 0.717) is 5.56 Å². The lowest BCUT2D eigenvalue weighted by Gasteiger charge is -1.92. The molecule has 0 saturated carbocycles. The quantitative estimate of drug-likeness (QED) is 0.335.